The Morgan fingerprint density at radius 3 is 2.87 bits per heavy atom. The topological polar surface area (TPSA) is 34.1 Å². The Hall–Kier alpha value is -1.09. The van der Waals surface area contributed by atoms with Crippen LogP contribution in [0.5, 0.6) is 5.88 Å². The molecular weight excluding hydrogens is 188 g/mol. The van der Waals surface area contributed by atoms with Crippen LogP contribution >= 0.6 is 0 Å². The van der Waals surface area contributed by atoms with E-state index in [1.54, 1.807) is 7.11 Å². The van der Waals surface area contributed by atoms with Crippen molar-refractivity contribution in [2.24, 2.45) is 11.8 Å². The molecule has 2 unspecified atom stereocenters. The fourth-order valence-electron chi connectivity index (χ4n) is 1.72. The Morgan fingerprint density at radius 1 is 1.53 bits per heavy atom. The predicted octanol–water partition coefficient (Wildman–Crippen LogP) is 1.84. The minimum atomic E-state index is 0.676. The summed E-state index contributed by atoms with van der Waals surface area (Å²) >= 11 is 0. The first kappa shape index (κ1) is 10.4. The van der Waals surface area contributed by atoms with Gasteiger partial charge in [-0.3, -0.25) is 0 Å². The van der Waals surface area contributed by atoms with Gasteiger partial charge < -0.3 is 10.1 Å². The van der Waals surface area contributed by atoms with Gasteiger partial charge in [0.05, 0.1) is 7.11 Å². The zero-order valence-corrected chi connectivity index (χ0v) is 9.36. The van der Waals surface area contributed by atoms with Gasteiger partial charge in [0.2, 0.25) is 5.88 Å². The van der Waals surface area contributed by atoms with Crippen LogP contribution in [0.4, 0.5) is 0 Å². The first-order chi connectivity index (χ1) is 7.29. The zero-order chi connectivity index (χ0) is 10.7. The predicted molar refractivity (Wildman–Crippen MR) is 59.8 cm³/mol. The van der Waals surface area contributed by atoms with Crippen LogP contribution in [0.1, 0.15) is 18.9 Å². The summed E-state index contributed by atoms with van der Waals surface area (Å²) in [5.74, 6) is 2.50. The lowest BCUT2D eigenvalue weighted by Crippen LogP contribution is -2.16. The lowest BCUT2D eigenvalue weighted by Gasteiger charge is -2.04. The lowest BCUT2D eigenvalue weighted by atomic mass is 10.2. The molecule has 82 valence electrons. The third kappa shape index (κ3) is 2.93. The molecule has 15 heavy (non-hydrogen) atoms. The Balaban J connectivity index is 1.73. The van der Waals surface area contributed by atoms with Crippen LogP contribution in [0.15, 0.2) is 18.3 Å². The summed E-state index contributed by atoms with van der Waals surface area (Å²) in [5, 5.41) is 3.45. The molecule has 0 aliphatic heterocycles. The van der Waals surface area contributed by atoms with E-state index in [-0.39, 0.29) is 0 Å². The molecule has 2 rings (SSSR count). The number of ether oxygens (including phenoxy) is 1. The van der Waals surface area contributed by atoms with Crippen molar-refractivity contribution in [2.75, 3.05) is 13.7 Å². The van der Waals surface area contributed by atoms with Crippen molar-refractivity contribution >= 4 is 0 Å². The maximum absolute atomic E-state index is 5.00. The molecule has 0 aromatic carbocycles. The maximum atomic E-state index is 5.00. The third-order valence-electron chi connectivity index (χ3n) is 3.02. The van der Waals surface area contributed by atoms with Crippen LogP contribution in [0, 0.1) is 11.8 Å². The molecule has 0 bridgehead atoms. The number of hydrogen-bond acceptors (Lipinski definition) is 3. The molecule has 1 N–H and O–H groups in total. The van der Waals surface area contributed by atoms with Crippen molar-refractivity contribution < 1.29 is 4.74 Å². The summed E-state index contributed by atoms with van der Waals surface area (Å²) in [6.07, 6.45) is 3.25. The molecule has 0 radical (unpaired) electrons. The van der Waals surface area contributed by atoms with Crippen molar-refractivity contribution in [2.45, 2.75) is 19.9 Å². The van der Waals surface area contributed by atoms with Crippen LogP contribution in [0.3, 0.4) is 0 Å². The van der Waals surface area contributed by atoms with E-state index in [2.05, 4.69) is 23.3 Å². The Bertz CT molecular complexity index is 310. The molecule has 0 saturated heterocycles. The van der Waals surface area contributed by atoms with E-state index >= 15 is 0 Å². The fraction of sp³-hybridized carbons (Fsp3) is 0.583. The fourth-order valence-corrected chi connectivity index (χ4v) is 1.72. The molecule has 1 aliphatic rings. The molecule has 1 fully saturated rings. The summed E-state index contributed by atoms with van der Waals surface area (Å²) in [6, 6.07) is 3.95. The second kappa shape index (κ2) is 4.62. The Labute approximate surface area is 90.9 Å². The molecule has 1 heterocycles. The highest BCUT2D eigenvalue weighted by Gasteiger charge is 2.31. The highest BCUT2D eigenvalue weighted by Crippen LogP contribution is 2.36. The first-order valence-electron chi connectivity index (χ1n) is 5.49. The van der Waals surface area contributed by atoms with Crippen LogP contribution in [0.2, 0.25) is 0 Å². The standard InChI is InChI=1S/C12H18N2O/c1-9-5-11(9)8-13-6-10-3-4-12(15-2)14-7-10/h3-4,7,9,11,13H,5-6,8H2,1-2H3. The summed E-state index contributed by atoms with van der Waals surface area (Å²) in [7, 11) is 1.63. The number of rotatable bonds is 5. The molecule has 3 nitrogen and oxygen atoms in total. The molecule has 0 amide bonds. The highest BCUT2D eigenvalue weighted by atomic mass is 16.5. The second-order valence-electron chi connectivity index (χ2n) is 4.31. The molecule has 2 atom stereocenters. The minimum absolute atomic E-state index is 0.676. The molecule has 1 aromatic rings. The molecule has 1 aromatic heterocycles. The van der Waals surface area contributed by atoms with Gasteiger partial charge in [-0.05, 0) is 30.4 Å². The van der Waals surface area contributed by atoms with E-state index < -0.39 is 0 Å². The largest absolute Gasteiger partial charge is 0.481 e. The van der Waals surface area contributed by atoms with Crippen LogP contribution in [-0.4, -0.2) is 18.6 Å². The summed E-state index contributed by atoms with van der Waals surface area (Å²) in [6.45, 7) is 4.34. The average Bonchev–Trinajstić information content (AvgIpc) is 2.96. The Kier molecular flexibility index (Phi) is 3.21. The minimum Gasteiger partial charge on any atom is -0.481 e. The zero-order valence-electron chi connectivity index (χ0n) is 9.36. The van der Waals surface area contributed by atoms with Gasteiger partial charge >= 0.3 is 0 Å². The van der Waals surface area contributed by atoms with Gasteiger partial charge in [0.25, 0.3) is 0 Å². The van der Waals surface area contributed by atoms with Gasteiger partial charge in [-0.1, -0.05) is 13.0 Å². The van der Waals surface area contributed by atoms with Gasteiger partial charge in [-0.25, -0.2) is 4.98 Å². The summed E-state index contributed by atoms with van der Waals surface area (Å²) < 4.78 is 5.00. The van der Waals surface area contributed by atoms with E-state index in [1.165, 1.54) is 12.0 Å². The SMILES string of the molecule is COc1ccc(CNCC2CC2C)cn1. The van der Waals surface area contributed by atoms with Gasteiger partial charge in [0.15, 0.2) is 0 Å². The summed E-state index contributed by atoms with van der Waals surface area (Å²) in [4.78, 5) is 4.16. The summed E-state index contributed by atoms with van der Waals surface area (Å²) in [5.41, 5.74) is 1.21. The molecular formula is C12H18N2O. The van der Waals surface area contributed by atoms with Crippen molar-refractivity contribution in [3.8, 4) is 5.88 Å². The quantitative estimate of drug-likeness (QED) is 0.798. The van der Waals surface area contributed by atoms with Crippen LogP contribution in [-0.2, 0) is 6.54 Å². The second-order valence-corrected chi connectivity index (χ2v) is 4.31. The normalized spacial score (nSPS) is 23.9. The lowest BCUT2D eigenvalue weighted by molar-refractivity contribution is 0.397. The smallest absolute Gasteiger partial charge is 0.212 e. The molecule has 1 aliphatic carbocycles. The molecule has 1 saturated carbocycles. The molecule has 0 spiro atoms. The van der Waals surface area contributed by atoms with E-state index in [0.717, 1.165) is 24.9 Å². The maximum Gasteiger partial charge on any atom is 0.212 e. The van der Waals surface area contributed by atoms with E-state index in [1.807, 2.05) is 12.3 Å². The van der Waals surface area contributed by atoms with E-state index in [9.17, 15) is 0 Å². The van der Waals surface area contributed by atoms with Crippen LogP contribution in [0.25, 0.3) is 0 Å². The number of pyridine rings is 1. The van der Waals surface area contributed by atoms with E-state index in [0.29, 0.717) is 5.88 Å². The van der Waals surface area contributed by atoms with Gasteiger partial charge in [0, 0.05) is 18.8 Å². The number of hydrogen-bond donors (Lipinski definition) is 1. The number of nitrogens with one attached hydrogen (secondary N) is 1. The van der Waals surface area contributed by atoms with Crippen LogP contribution < -0.4 is 10.1 Å². The monoisotopic (exact) mass is 206 g/mol. The van der Waals surface area contributed by atoms with Crippen molar-refractivity contribution in [3.05, 3.63) is 23.9 Å². The van der Waals surface area contributed by atoms with Gasteiger partial charge in [0.1, 0.15) is 0 Å². The van der Waals surface area contributed by atoms with Gasteiger partial charge in [-0.15, -0.1) is 0 Å². The third-order valence-corrected chi connectivity index (χ3v) is 3.02. The Morgan fingerprint density at radius 2 is 2.33 bits per heavy atom. The van der Waals surface area contributed by atoms with Gasteiger partial charge in [-0.2, -0.15) is 0 Å². The number of methoxy groups -OCH3 is 1. The van der Waals surface area contributed by atoms with E-state index in [4.69, 9.17) is 4.74 Å². The highest BCUT2D eigenvalue weighted by molar-refractivity contribution is 5.17. The number of aromatic nitrogens is 1. The first-order valence-corrected chi connectivity index (χ1v) is 5.49. The molecule has 3 heteroatoms. The van der Waals surface area contributed by atoms with Crippen molar-refractivity contribution in [1.29, 1.82) is 0 Å². The van der Waals surface area contributed by atoms with Crippen molar-refractivity contribution in [1.82, 2.24) is 10.3 Å². The average molecular weight is 206 g/mol. The van der Waals surface area contributed by atoms with Crippen molar-refractivity contribution in [3.63, 3.8) is 0 Å². The number of nitrogens with zero attached hydrogens (tertiary/aromatic N) is 1.